The minimum atomic E-state index is 0. The fraction of sp³-hybridized carbons (Fsp3) is 0.944. The topological polar surface area (TPSA) is 17.1 Å². The van der Waals surface area contributed by atoms with E-state index in [1.165, 1.54) is 89.9 Å². The van der Waals surface area contributed by atoms with Gasteiger partial charge in [-0.25, -0.2) is 0 Å². The van der Waals surface area contributed by atoms with Crippen molar-refractivity contribution in [3.05, 3.63) is 0 Å². The van der Waals surface area contributed by atoms with E-state index in [0.717, 1.165) is 19.1 Å². The van der Waals surface area contributed by atoms with Crippen LogP contribution in [0.3, 0.4) is 0 Å². The molecule has 0 aliphatic rings. The van der Waals surface area contributed by atoms with Crippen LogP contribution < -0.4 is 0 Å². The van der Waals surface area contributed by atoms with E-state index >= 15 is 0 Å². The Balaban J connectivity index is 0. The van der Waals surface area contributed by atoms with Crippen LogP contribution >= 0.6 is 0 Å². The van der Waals surface area contributed by atoms with E-state index in [9.17, 15) is 4.79 Å². The summed E-state index contributed by atoms with van der Waals surface area (Å²) >= 11 is 0. The molecular formula is C18H37LiO. The molecule has 0 aliphatic heterocycles. The van der Waals surface area contributed by atoms with Gasteiger partial charge in [-0.1, -0.05) is 96.8 Å². The molecule has 20 heavy (non-hydrogen) atoms. The van der Waals surface area contributed by atoms with Crippen LogP contribution in [-0.2, 0) is 4.79 Å². The molecule has 0 saturated heterocycles. The van der Waals surface area contributed by atoms with Gasteiger partial charge in [0, 0.05) is 6.42 Å². The molecule has 0 heterocycles. The Morgan fingerprint density at radius 2 is 0.850 bits per heavy atom. The number of rotatable bonds is 16. The average molecular weight is 276 g/mol. The Labute approximate surface area is 139 Å². The number of hydrogen-bond acceptors (Lipinski definition) is 1. The number of aldehydes is 1. The van der Waals surface area contributed by atoms with Crippen molar-refractivity contribution in [2.45, 2.75) is 110 Å². The molecule has 0 spiro atoms. The summed E-state index contributed by atoms with van der Waals surface area (Å²) in [4.78, 5) is 10.1. The Bertz CT molecular complexity index is 171. The maximum absolute atomic E-state index is 10.1. The minimum absolute atomic E-state index is 0. The number of carbonyl (C=O) groups is 1. The molecule has 0 atom stereocenters. The van der Waals surface area contributed by atoms with Gasteiger partial charge in [0.1, 0.15) is 6.29 Å². The van der Waals surface area contributed by atoms with Crippen LogP contribution in [0.1, 0.15) is 110 Å². The summed E-state index contributed by atoms with van der Waals surface area (Å²) in [5.41, 5.74) is 0. The predicted octanol–water partition coefficient (Wildman–Crippen LogP) is 5.80. The zero-order valence-electron chi connectivity index (χ0n) is 13.3. The van der Waals surface area contributed by atoms with Crippen LogP contribution in [0.5, 0.6) is 0 Å². The van der Waals surface area contributed by atoms with Crippen molar-refractivity contribution in [1.29, 1.82) is 0 Å². The predicted molar refractivity (Wildman–Crippen MR) is 92.8 cm³/mol. The summed E-state index contributed by atoms with van der Waals surface area (Å²) in [5, 5.41) is 0. The van der Waals surface area contributed by atoms with Crippen LogP contribution in [0.2, 0.25) is 0 Å². The van der Waals surface area contributed by atoms with Crippen molar-refractivity contribution < 1.29 is 4.79 Å². The van der Waals surface area contributed by atoms with Crippen molar-refractivity contribution >= 4 is 25.1 Å². The summed E-state index contributed by atoms with van der Waals surface area (Å²) in [6.07, 6.45) is 22.6. The third-order valence-corrected chi connectivity index (χ3v) is 3.93. The standard InChI is InChI=1S/C18H36O.Li.H/c1-2-3-4-5-6-7-8-9-10-11-12-13-14-15-16-17-18-19;;/h18H,2-17H2,1H3;;. The zero-order chi connectivity index (χ0) is 14.0. The fourth-order valence-corrected chi connectivity index (χ4v) is 2.60. The summed E-state index contributed by atoms with van der Waals surface area (Å²) in [6, 6.07) is 0. The van der Waals surface area contributed by atoms with Crippen LogP contribution in [0.4, 0.5) is 0 Å². The summed E-state index contributed by atoms with van der Waals surface area (Å²) in [6.45, 7) is 2.28. The van der Waals surface area contributed by atoms with Gasteiger partial charge in [0.05, 0.1) is 0 Å². The molecular weight excluding hydrogens is 239 g/mol. The third-order valence-electron chi connectivity index (χ3n) is 3.93. The van der Waals surface area contributed by atoms with Crippen LogP contribution in [0.25, 0.3) is 0 Å². The SMILES string of the molecule is CCCCCCCCCCCCCCCCCC=O.[LiH]. The zero-order valence-corrected chi connectivity index (χ0v) is 13.3. The molecule has 0 aromatic heterocycles. The first-order valence-electron chi connectivity index (χ1n) is 8.85. The number of hydrogen-bond donors (Lipinski definition) is 0. The van der Waals surface area contributed by atoms with Gasteiger partial charge in [-0.2, -0.15) is 0 Å². The van der Waals surface area contributed by atoms with Crippen LogP contribution in [-0.4, -0.2) is 25.1 Å². The maximum atomic E-state index is 10.1. The molecule has 0 saturated carbocycles. The number of unbranched alkanes of at least 4 members (excludes halogenated alkanes) is 15. The molecule has 0 aliphatic carbocycles. The second kappa shape index (κ2) is 21.6. The normalized spacial score (nSPS) is 10.2. The van der Waals surface area contributed by atoms with Gasteiger partial charge in [-0.05, 0) is 6.42 Å². The van der Waals surface area contributed by atoms with Crippen molar-refractivity contribution in [3.63, 3.8) is 0 Å². The third kappa shape index (κ3) is 20.6. The van der Waals surface area contributed by atoms with E-state index in [4.69, 9.17) is 0 Å². The Kier molecular flexibility index (Phi) is 24.3. The molecule has 0 aromatic carbocycles. The molecule has 0 bridgehead atoms. The summed E-state index contributed by atoms with van der Waals surface area (Å²) in [7, 11) is 0. The van der Waals surface area contributed by atoms with Crippen molar-refractivity contribution in [2.24, 2.45) is 0 Å². The Hall–Kier alpha value is 0.267. The second-order valence-corrected chi connectivity index (χ2v) is 5.91. The van der Waals surface area contributed by atoms with Gasteiger partial charge in [-0.3, -0.25) is 0 Å². The van der Waals surface area contributed by atoms with E-state index in [1.807, 2.05) is 0 Å². The molecule has 116 valence electrons. The Morgan fingerprint density at radius 1 is 0.550 bits per heavy atom. The quantitative estimate of drug-likeness (QED) is 0.198. The first-order valence-corrected chi connectivity index (χ1v) is 8.85. The second-order valence-electron chi connectivity index (χ2n) is 5.91. The van der Waals surface area contributed by atoms with E-state index < -0.39 is 0 Å². The molecule has 0 amide bonds. The summed E-state index contributed by atoms with van der Waals surface area (Å²) < 4.78 is 0. The van der Waals surface area contributed by atoms with Crippen molar-refractivity contribution in [3.8, 4) is 0 Å². The van der Waals surface area contributed by atoms with Gasteiger partial charge < -0.3 is 4.79 Å². The van der Waals surface area contributed by atoms with Crippen LogP contribution in [0, 0.1) is 0 Å². The van der Waals surface area contributed by atoms with Gasteiger partial charge >= 0.3 is 18.9 Å². The summed E-state index contributed by atoms with van der Waals surface area (Å²) in [5.74, 6) is 0. The van der Waals surface area contributed by atoms with E-state index in [2.05, 4.69) is 6.92 Å². The average Bonchev–Trinajstić information content (AvgIpc) is 2.43. The molecule has 0 N–H and O–H groups in total. The van der Waals surface area contributed by atoms with E-state index in [-0.39, 0.29) is 18.9 Å². The van der Waals surface area contributed by atoms with Gasteiger partial charge in [-0.15, -0.1) is 0 Å². The fourth-order valence-electron chi connectivity index (χ4n) is 2.60. The van der Waals surface area contributed by atoms with Crippen molar-refractivity contribution in [1.82, 2.24) is 0 Å². The molecule has 1 nitrogen and oxygen atoms in total. The Morgan fingerprint density at radius 3 is 1.15 bits per heavy atom. The molecule has 0 unspecified atom stereocenters. The van der Waals surface area contributed by atoms with Crippen LogP contribution in [0.15, 0.2) is 0 Å². The number of carbonyl (C=O) groups excluding carboxylic acids is 1. The van der Waals surface area contributed by atoms with E-state index in [1.54, 1.807) is 0 Å². The van der Waals surface area contributed by atoms with Gasteiger partial charge in [0.15, 0.2) is 0 Å². The first kappa shape index (κ1) is 22.5. The molecule has 0 rings (SSSR count). The first-order chi connectivity index (χ1) is 9.41. The van der Waals surface area contributed by atoms with E-state index in [0.29, 0.717) is 0 Å². The van der Waals surface area contributed by atoms with Crippen molar-refractivity contribution in [2.75, 3.05) is 0 Å². The van der Waals surface area contributed by atoms with Gasteiger partial charge in [0.25, 0.3) is 0 Å². The molecule has 0 aromatic rings. The monoisotopic (exact) mass is 276 g/mol. The molecule has 2 heteroatoms. The molecule has 0 fully saturated rings. The van der Waals surface area contributed by atoms with Gasteiger partial charge in [0.2, 0.25) is 0 Å². The molecule has 0 radical (unpaired) electrons.